The van der Waals surface area contributed by atoms with Gasteiger partial charge in [-0.3, -0.25) is 9.36 Å². The van der Waals surface area contributed by atoms with Crippen LogP contribution in [0.5, 0.6) is 0 Å². The standard InChI is InChI=1S/C23H48NO5P/c1-3-4-5-6-7-8-9-10-11-12-13-14-17-20-23(25)24-21-18-15-16-19-22-29-30(26,27)28-2/h3-22H2,1-2H3,(H,24,25)(H,26,27)/p-1. The Morgan fingerprint density at radius 2 is 1.23 bits per heavy atom. The summed E-state index contributed by atoms with van der Waals surface area (Å²) in [6.45, 7) is 3.11. The zero-order valence-corrected chi connectivity index (χ0v) is 20.5. The zero-order chi connectivity index (χ0) is 22.3. The van der Waals surface area contributed by atoms with Gasteiger partial charge in [-0.2, -0.15) is 0 Å². The largest absolute Gasteiger partial charge is 0.756 e. The van der Waals surface area contributed by atoms with Gasteiger partial charge in [-0.25, -0.2) is 0 Å². The number of unbranched alkanes of at least 4 members (excludes halogenated alkanes) is 15. The second-order valence-corrected chi connectivity index (χ2v) is 9.74. The van der Waals surface area contributed by atoms with Crippen LogP contribution in [-0.4, -0.2) is 26.2 Å². The molecule has 6 nitrogen and oxygen atoms in total. The van der Waals surface area contributed by atoms with Crippen molar-refractivity contribution < 1.29 is 23.3 Å². The molecule has 0 radical (unpaired) electrons. The highest BCUT2D eigenvalue weighted by Crippen LogP contribution is 2.36. The monoisotopic (exact) mass is 448 g/mol. The fraction of sp³-hybridized carbons (Fsp3) is 0.957. The number of hydrogen-bond donors (Lipinski definition) is 1. The first-order valence-electron chi connectivity index (χ1n) is 12.3. The molecule has 1 N–H and O–H groups in total. The summed E-state index contributed by atoms with van der Waals surface area (Å²) in [7, 11) is -2.99. The van der Waals surface area contributed by atoms with Gasteiger partial charge in [0.25, 0.3) is 7.82 Å². The molecule has 0 saturated carbocycles. The van der Waals surface area contributed by atoms with Crippen molar-refractivity contribution in [2.75, 3.05) is 20.3 Å². The maximum atomic E-state index is 11.8. The van der Waals surface area contributed by atoms with E-state index in [0.29, 0.717) is 19.4 Å². The number of rotatable bonds is 23. The maximum Gasteiger partial charge on any atom is 0.267 e. The lowest BCUT2D eigenvalue weighted by atomic mass is 10.0. The van der Waals surface area contributed by atoms with Gasteiger partial charge in [0.1, 0.15) is 0 Å². The summed E-state index contributed by atoms with van der Waals surface area (Å²) in [5.41, 5.74) is 0. The number of hydrogen-bond acceptors (Lipinski definition) is 5. The lowest BCUT2D eigenvalue weighted by Crippen LogP contribution is -2.23. The minimum atomic E-state index is -4.08. The van der Waals surface area contributed by atoms with E-state index >= 15 is 0 Å². The van der Waals surface area contributed by atoms with Crippen LogP contribution in [0, 0.1) is 0 Å². The number of amides is 1. The number of carbonyl (C=O) groups is 1. The van der Waals surface area contributed by atoms with Crippen LogP contribution in [-0.2, 0) is 18.4 Å². The van der Waals surface area contributed by atoms with E-state index in [1.165, 1.54) is 70.6 Å². The molecule has 1 unspecified atom stereocenters. The van der Waals surface area contributed by atoms with E-state index in [1.54, 1.807) is 0 Å². The van der Waals surface area contributed by atoms with E-state index in [2.05, 4.69) is 21.3 Å². The van der Waals surface area contributed by atoms with Gasteiger partial charge in [0.05, 0.1) is 6.61 Å². The van der Waals surface area contributed by atoms with Crippen molar-refractivity contribution in [2.24, 2.45) is 0 Å². The molecule has 0 spiro atoms. The molecular formula is C23H47NO5P-. The average molecular weight is 449 g/mol. The Bertz CT molecular complexity index is 434. The lowest BCUT2D eigenvalue weighted by molar-refractivity contribution is -0.223. The van der Waals surface area contributed by atoms with Crippen molar-refractivity contribution in [2.45, 2.75) is 122 Å². The first-order valence-corrected chi connectivity index (χ1v) is 13.8. The van der Waals surface area contributed by atoms with Crippen molar-refractivity contribution >= 4 is 13.7 Å². The highest BCUT2D eigenvalue weighted by atomic mass is 31.2. The lowest BCUT2D eigenvalue weighted by Gasteiger charge is -2.19. The number of phosphoric acid groups is 1. The highest BCUT2D eigenvalue weighted by molar-refractivity contribution is 7.45. The molecule has 0 aliphatic rings. The molecule has 0 fully saturated rings. The van der Waals surface area contributed by atoms with Crippen molar-refractivity contribution in [1.29, 1.82) is 0 Å². The maximum absolute atomic E-state index is 11.8. The molecule has 0 bridgehead atoms. The Morgan fingerprint density at radius 3 is 1.77 bits per heavy atom. The minimum absolute atomic E-state index is 0.147. The van der Waals surface area contributed by atoms with Crippen molar-refractivity contribution in [3.05, 3.63) is 0 Å². The van der Waals surface area contributed by atoms with Crippen LogP contribution >= 0.6 is 7.82 Å². The van der Waals surface area contributed by atoms with Crippen LogP contribution < -0.4 is 10.2 Å². The predicted octanol–water partition coefficient (Wildman–Crippen LogP) is 6.28. The molecule has 0 rings (SSSR count). The molecule has 1 amide bonds. The van der Waals surface area contributed by atoms with Gasteiger partial charge in [0.2, 0.25) is 5.91 Å². The average Bonchev–Trinajstić information content (AvgIpc) is 2.73. The molecule has 0 aliphatic carbocycles. The van der Waals surface area contributed by atoms with Crippen molar-refractivity contribution in [3.8, 4) is 0 Å². The molecular weight excluding hydrogens is 401 g/mol. The Kier molecular flexibility index (Phi) is 21.5. The molecule has 0 aromatic carbocycles. The fourth-order valence-electron chi connectivity index (χ4n) is 3.43. The van der Waals surface area contributed by atoms with Gasteiger partial charge in [-0.15, -0.1) is 0 Å². The molecule has 0 saturated heterocycles. The van der Waals surface area contributed by atoms with E-state index in [-0.39, 0.29) is 12.5 Å². The smallest absolute Gasteiger partial charge is 0.267 e. The van der Waals surface area contributed by atoms with Gasteiger partial charge < -0.3 is 19.3 Å². The summed E-state index contributed by atoms with van der Waals surface area (Å²) in [5, 5.41) is 2.97. The summed E-state index contributed by atoms with van der Waals surface area (Å²) in [6.07, 6.45) is 21.1. The van der Waals surface area contributed by atoms with Crippen LogP contribution in [0.2, 0.25) is 0 Å². The van der Waals surface area contributed by atoms with Gasteiger partial charge >= 0.3 is 0 Å². The molecule has 7 heteroatoms. The predicted molar refractivity (Wildman–Crippen MR) is 122 cm³/mol. The van der Waals surface area contributed by atoms with E-state index in [9.17, 15) is 14.3 Å². The Morgan fingerprint density at radius 1 is 0.767 bits per heavy atom. The summed E-state index contributed by atoms with van der Waals surface area (Å²) < 4.78 is 19.9. The SMILES string of the molecule is CCCCCCCCCCCCCCCC(=O)NCCCCCCOP(=O)([O-])OC. The Labute approximate surface area is 185 Å². The third-order valence-electron chi connectivity index (χ3n) is 5.37. The molecule has 180 valence electrons. The Balaban J connectivity index is 3.23. The van der Waals surface area contributed by atoms with Gasteiger partial charge in [-0.1, -0.05) is 96.8 Å². The highest BCUT2D eigenvalue weighted by Gasteiger charge is 2.05. The molecule has 0 aliphatic heterocycles. The van der Waals surface area contributed by atoms with Crippen molar-refractivity contribution in [1.82, 2.24) is 5.32 Å². The normalized spacial score (nSPS) is 13.3. The van der Waals surface area contributed by atoms with E-state index in [4.69, 9.17) is 0 Å². The van der Waals surface area contributed by atoms with Crippen LogP contribution in [0.3, 0.4) is 0 Å². The van der Waals surface area contributed by atoms with Crippen molar-refractivity contribution in [3.63, 3.8) is 0 Å². The molecule has 0 aromatic heterocycles. The van der Waals surface area contributed by atoms with Gasteiger partial charge in [0.15, 0.2) is 0 Å². The minimum Gasteiger partial charge on any atom is -0.756 e. The number of carbonyl (C=O) groups excluding carboxylic acids is 1. The van der Waals surface area contributed by atoms with Crippen LogP contribution in [0.15, 0.2) is 0 Å². The second-order valence-electron chi connectivity index (χ2n) is 8.22. The van der Waals surface area contributed by atoms with Crippen LogP contribution in [0.4, 0.5) is 0 Å². The molecule has 0 aromatic rings. The molecule has 30 heavy (non-hydrogen) atoms. The Hall–Kier alpha value is -0.420. The first-order chi connectivity index (χ1) is 14.5. The third-order valence-corrected chi connectivity index (χ3v) is 6.32. The molecule has 0 heterocycles. The van der Waals surface area contributed by atoms with Crippen LogP contribution in [0.1, 0.15) is 122 Å². The van der Waals surface area contributed by atoms with Crippen LogP contribution in [0.25, 0.3) is 0 Å². The number of phosphoric ester groups is 1. The second kappa shape index (κ2) is 21.8. The summed E-state index contributed by atoms with van der Waals surface area (Å²) in [6, 6.07) is 0. The summed E-state index contributed by atoms with van der Waals surface area (Å²) in [4.78, 5) is 22.8. The van der Waals surface area contributed by atoms with E-state index in [1.807, 2.05) is 0 Å². The van der Waals surface area contributed by atoms with Gasteiger partial charge in [-0.05, 0) is 19.3 Å². The van der Waals surface area contributed by atoms with E-state index < -0.39 is 7.82 Å². The summed E-state index contributed by atoms with van der Waals surface area (Å²) >= 11 is 0. The summed E-state index contributed by atoms with van der Waals surface area (Å²) in [5.74, 6) is 0.147. The van der Waals surface area contributed by atoms with Gasteiger partial charge in [0, 0.05) is 20.1 Å². The molecule has 1 atom stereocenters. The zero-order valence-electron chi connectivity index (χ0n) is 19.6. The first kappa shape index (κ1) is 29.6. The third kappa shape index (κ3) is 22.3. The number of nitrogens with one attached hydrogen (secondary N) is 1. The van der Waals surface area contributed by atoms with E-state index in [0.717, 1.165) is 39.2 Å². The fourth-order valence-corrected chi connectivity index (χ4v) is 3.89. The topological polar surface area (TPSA) is 87.7 Å². The quantitative estimate of drug-likeness (QED) is 0.147.